The zero-order chi connectivity index (χ0) is 16.4. The van der Waals surface area contributed by atoms with Crippen molar-refractivity contribution in [2.75, 3.05) is 13.2 Å². The molecule has 1 atom stereocenters. The minimum absolute atomic E-state index is 0.0474. The van der Waals surface area contributed by atoms with Crippen LogP contribution < -0.4 is 19.9 Å². The number of thiophene rings is 1. The molecule has 0 saturated heterocycles. The van der Waals surface area contributed by atoms with E-state index in [-0.39, 0.29) is 22.4 Å². The third-order valence-corrected chi connectivity index (χ3v) is 5.56. The van der Waals surface area contributed by atoms with Gasteiger partial charge in [-0.05, 0) is 18.2 Å². The van der Waals surface area contributed by atoms with Crippen LogP contribution >= 0.6 is 11.3 Å². The number of nitrogens with one attached hydrogen (secondary N) is 1. The van der Waals surface area contributed by atoms with E-state index in [4.69, 9.17) is 14.6 Å². The van der Waals surface area contributed by atoms with Crippen LogP contribution in [0.15, 0.2) is 39.9 Å². The van der Waals surface area contributed by atoms with Gasteiger partial charge in [0.2, 0.25) is 10.0 Å². The van der Waals surface area contributed by atoms with E-state index in [0.29, 0.717) is 18.1 Å². The molecule has 0 bridgehead atoms. The molecule has 1 aliphatic heterocycles. The van der Waals surface area contributed by atoms with Crippen LogP contribution in [-0.2, 0) is 10.0 Å². The van der Waals surface area contributed by atoms with Crippen LogP contribution in [0.2, 0.25) is 0 Å². The van der Waals surface area contributed by atoms with E-state index in [2.05, 4.69) is 5.32 Å². The number of hydrogen-bond donors (Lipinski definition) is 2. The fraction of sp³-hybridized carbons (Fsp3) is 0.214. The lowest BCUT2D eigenvalue weighted by atomic mass is 10.2. The van der Waals surface area contributed by atoms with Crippen molar-refractivity contribution in [1.82, 2.24) is 5.32 Å². The average molecular weight is 354 g/mol. The quantitative estimate of drug-likeness (QED) is 0.850. The number of para-hydroxylation sites is 2. The summed E-state index contributed by atoms with van der Waals surface area (Å²) in [6.07, 6.45) is -0.315. The van der Waals surface area contributed by atoms with Gasteiger partial charge in [-0.3, -0.25) is 4.79 Å². The number of ether oxygens (including phenoxy) is 2. The van der Waals surface area contributed by atoms with Gasteiger partial charge >= 0.3 is 0 Å². The number of benzene rings is 1. The van der Waals surface area contributed by atoms with E-state index in [1.54, 1.807) is 6.07 Å². The standard InChI is InChI=1S/C14H14N2O5S2/c15-23(18,19)13-5-9(8-22-13)14(17)16-6-10-7-20-11-3-1-2-4-12(11)21-10/h1-5,8,10H,6-7H2,(H,16,17)(H2,15,18,19). The maximum absolute atomic E-state index is 12.0. The van der Waals surface area contributed by atoms with Crippen molar-refractivity contribution in [2.24, 2.45) is 5.14 Å². The Bertz CT molecular complexity index is 831. The molecule has 23 heavy (non-hydrogen) atoms. The largest absolute Gasteiger partial charge is 0.486 e. The van der Waals surface area contributed by atoms with Crippen molar-refractivity contribution < 1.29 is 22.7 Å². The molecule has 0 radical (unpaired) electrons. The van der Waals surface area contributed by atoms with Gasteiger partial charge in [0, 0.05) is 5.38 Å². The zero-order valence-electron chi connectivity index (χ0n) is 11.9. The van der Waals surface area contributed by atoms with Gasteiger partial charge < -0.3 is 14.8 Å². The molecule has 1 unspecified atom stereocenters. The first-order valence-corrected chi connectivity index (χ1v) is 9.14. The molecule has 1 aliphatic rings. The number of hydrogen-bond acceptors (Lipinski definition) is 6. The van der Waals surface area contributed by atoms with E-state index < -0.39 is 15.9 Å². The minimum Gasteiger partial charge on any atom is -0.486 e. The minimum atomic E-state index is -3.79. The number of amides is 1. The van der Waals surface area contributed by atoms with Crippen molar-refractivity contribution in [2.45, 2.75) is 10.3 Å². The van der Waals surface area contributed by atoms with Gasteiger partial charge in [0.15, 0.2) is 11.5 Å². The Balaban J connectivity index is 1.59. The Morgan fingerprint density at radius 1 is 1.35 bits per heavy atom. The first-order valence-electron chi connectivity index (χ1n) is 6.71. The van der Waals surface area contributed by atoms with E-state index in [0.717, 1.165) is 11.3 Å². The van der Waals surface area contributed by atoms with Crippen LogP contribution in [-0.4, -0.2) is 33.6 Å². The molecule has 0 fully saturated rings. The molecule has 0 spiro atoms. The monoisotopic (exact) mass is 354 g/mol. The highest BCUT2D eigenvalue weighted by atomic mass is 32.2. The maximum atomic E-state index is 12.0. The number of rotatable bonds is 4. The van der Waals surface area contributed by atoms with Crippen LogP contribution in [0.5, 0.6) is 11.5 Å². The van der Waals surface area contributed by atoms with E-state index in [1.807, 2.05) is 18.2 Å². The molecule has 3 N–H and O–H groups in total. The first kappa shape index (κ1) is 15.8. The molecule has 1 aromatic carbocycles. The Morgan fingerprint density at radius 2 is 2.09 bits per heavy atom. The molecule has 0 aliphatic carbocycles. The second-order valence-electron chi connectivity index (χ2n) is 4.91. The Labute approximate surface area is 137 Å². The van der Waals surface area contributed by atoms with Gasteiger partial charge in [-0.1, -0.05) is 12.1 Å². The van der Waals surface area contributed by atoms with Crippen LogP contribution in [0.1, 0.15) is 10.4 Å². The van der Waals surface area contributed by atoms with E-state index in [1.165, 1.54) is 11.4 Å². The average Bonchev–Trinajstić information content (AvgIpc) is 3.02. The summed E-state index contributed by atoms with van der Waals surface area (Å²) in [7, 11) is -3.79. The number of carbonyl (C=O) groups is 1. The highest BCUT2D eigenvalue weighted by Crippen LogP contribution is 2.30. The fourth-order valence-electron chi connectivity index (χ4n) is 2.06. The third-order valence-electron chi connectivity index (χ3n) is 3.18. The smallest absolute Gasteiger partial charge is 0.252 e. The van der Waals surface area contributed by atoms with E-state index in [9.17, 15) is 13.2 Å². The maximum Gasteiger partial charge on any atom is 0.252 e. The molecule has 0 saturated carbocycles. The molecule has 2 heterocycles. The van der Waals surface area contributed by atoms with Crippen LogP contribution in [0.25, 0.3) is 0 Å². The van der Waals surface area contributed by atoms with Crippen molar-refractivity contribution in [1.29, 1.82) is 0 Å². The summed E-state index contributed by atoms with van der Waals surface area (Å²) in [5.74, 6) is 0.911. The number of nitrogens with two attached hydrogens (primary N) is 1. The summed E-state index contributed by atoms with van der Waals surface area (Å²) < 4.78 is 33.7. The molecule has 7 nitrogen and oxygen atoms in total. The summed E-state index contributed by atoms with van der Waals surface area (Å²) in [5.41, 5.74) is 0.246. The number of carbonyl (C=O) groups excluding carboxylic acids is 1. The van der Waals surface area contributed by atoms with Crippen LogP contribution in [0.4, 0.5) is 0 Å². The zero-order valence-corrected chi connectivity index (χ0v) is 13.5. The van der Waals surface area contributed by atoms with Gasteiger partial charge in [0.1, 0.15) is 16.9 Å². The SMILES string of the molecule is NS(=O)(=O)c1cc(C(=O)NCC2COc3ccccc3O2)cs1. The van der Waals surface area contributed by atoms with Crippen LogP contribution in [0, 0.1) is 0 Å². The van der Waals surface area contributed by atoms with Gasteiger partial charge in [-0.25, -0.2) is 13.6 Å². The Hall–Kier alpha value is -2.10. The number of primary sulfonamides is 1. The normalized spacial score (nSPS) is 16.8. The van der Waals surface area contributed by atoms with Gasteiger partial charge in [-0.15, -0.1) is 11.3 Å². The predicted octanol–water partition coefficient (Wildman–Crippen LogP) is 0.965. The Kier molecular flexibility index (Phi) is 4.24. The summed E-state index contributed by atoms with van der Waals surface area (Å²) >= 11 is 0.907. The lowest BCUT2D eigenvalue weighted by molar-refractivity contribution is 0.0789. The Morgan fingerprint density at radius 3 is 2.78 bits per heavy atom. The molecular formula is C14H14N2O5S2. The second kappa shape index (κ2) is 6.19. The van der Waals surface area contributed by atoms with Crippen molar-refractivity contribution in [3.8, 4) is 11.5 Å². The van der Waals surface area contributed by atoms with Crippen LogP contribution in [0.3, 0.4) is 0 Å². The predicted molar refractivity (Wildman–Crippen MR) is 84.4 cm³/mol. The molecular weight excluding hydrogens is 340 g/mol. The van der Waals surface area contributed by atoms with Crippen molar-refractivity contribution in [3.05, 3.63) is 41.3 Å². The fourth-order valence-corrected chi connectivity index (χ4v) is 3.64. The molecule has 9 heteroatoms. The lowest BCUT2D eigenvalue weighted by Gasteiger charge is -2.26. The van der Waals surface area contributed by atoms with Gasteiger partial charge in [0.05, 0.1) is 12.1 Å². The second-order valence-corrected chi connectivity index (χ2v) is 7.61. The third kappa shape index (κ3) is 3.63. The summed E-state index contributed by atoms with van der Waals surface area (Å²) in [4.78, 5) is 12.0. The molecule has 1 amide bonds. The van der Waals surface area contributed by atoms with Gasteiger partial charge in [-0.2, -0.15) is 0 Å². The number of sulfonamides is 1. The summed E-state index contributed by atoms with van der Waals surface area (Å²) in [5, 5.41) is 9.16. The van der Waals surface area contributed by atoms with Gasteiger partial charge in [0.25, 0.3) is 5.91 Å². The molecule has 122 valence electrons. The lowest BCUT2D eigenvalue weighted by Crippen LogP contribution is -2.40. The topological polar surface area (TPSA) is 108 Å². The number of fused-ring (bicyclic) bond motifs is 1. The molecule has 3 rings (SSSR count). The first-order chi connectivity index (χ1) is 10.9. The highest BCUT2D eigenvalue weighted by molar-refractivity contribution is 7.91. The van der Waals surface area contributed by atoms with Crippen molar-refractivity contribution in [3.63, 3.8) is 0 Å². The molecule has 1 aromatic heterocycles. The summed E-state index contributed by atoms with van der Waals surface area (Å²) in [6, 6.07) is 8.54. The molecule has 2 aromatic rings. The van der Waals surface area contributed by atoms with E-state index >= 15 is 0 Å². The highest BCUT2D eigenvalue weighted by Gasteiger charge is 2.22. The summed E-state index contributed by atoms with van der Waals surface area (Å²) in [6.45, 7) is 0.567. The van der Waals surface area contributed by atoms with Crippen molar-refractivity contribution >= 4 is 27.3 Å².